The van der Waals surface area contributed by atoms with Gasteiger partial charge in [-0.15, -0.1) is 0 Å². The van der Waals surface area contributed by atoms with Gasteiger partial charge >= 0.3 is 5.97 Å². The summed E-state index contributed by atoms with van der Waals surface area (Å²) in [5.74, 6) is 2.03. The second kappa shape index (κ2) is 6.49. The molecular weight excluding hydrogens is 284 g/mol. The Bertz CT molecular complexity index is 368. The molecule has 3 rings (SSSR count). The van der Waals surface area contributed by atoms with Gasteiger partial charge in [0.15, 0.2) is 0 Å². The highest BCUT2D eigenvalue weighted by Crippen LogP contribution is 2.50. The van der Waals surface area contributed by atoms with Crippen LogP contribution in [0.4, 0.5) is 0 Å². The van der Waals surface area contributed by atoms with Crippen LogP contribution >= 0.6 is 11.8 Å². The number of ether oxygens (including phenoxy) is 1. The van der Waals surface area contributed by atoms with Gasteiger partial charge in [-0.1, -0.05) is 32.1 Å². The summed E-state index contributed by atoms with van der Waals surface area (Å²) in [5.41, 5.74) is -0.469. The van der Waals surface area contributed by atoms with Crippen LogP contribution in [0.2, 0.25) is 0 Å². The minimum absolute atomic E-state index is 0.00159. The van der Waals surface area contributed by atoms with Crippen LogP contribution in [0.15, 0.2) is 0 Å². The summed E-state index contributed by atoms with van der Waals surface area (Å²) in [6.07, 6.45) is 10.7. The maximum atomic E-state index is 12.2. The highest BCUT2D eigenvalue weighted by atomic mass is 32.2. The van der Waals surface area contributed by atoms with Crippen LogP contribution in [0.5, 0.6) is 0 Å². The van der Waals surface area contributed by atoms with Crippen molar-refractivity contribution in [3.8, 4) is 0 Å². The second-order valence-corrected chi connectivity index (χ2v) is 8.36. The number of carboxylic acids is 1. The molecule has 0 aromatic rings. The molecule has 1 saturated carbocycles. The normalized spacial score (nSPS) is 37.0. The summed E-state index contributed by atoms with van der Waals surface area (Å²) in [5, 5.41) is 10.0. The van der Waals surface area contributed by atoms with Gasteiger partial charge in [0.1, 0.15) is 0 Å². The third-order valence-electron chi connectivity index (χ3n) is 6.01. The molecule has 2 heterocycles. The molecular formula is C17H28O3S. The van der Waals surface area contributed by atoms with Crippen molar-refractivity contribution in [2.45, 2.75) is 69.8 Å². The third kappa shape index (κ3) is 3.12. The Morgan fingerprint density at radius 3 is 2.43 bits per heavy atom. The fraction of sp³-hybridized carbons (Fsp3) is 0.941. The maximum Gasteiger partial charge on any atom is 0.309 e. The summed E-state index contributed by atoms with van der Waals surface area (Å²) in [6.45, 7) is 0.764. The fourth-order valence-corrected chi connectivity index (χ4v) is 6.07. The molecule has 4 heteroatoms. The lowest BCUT2D eigenvalue weighted by Crippen LogP contribution is -2.48. The molecule has 21 heavy (non-hydrogen) atoms. The van der Waals surface area contributed by atoms with Gasteiger partial charge in [-0.05, 0) is 43.8 Å². The number of hydrogen-bond acceptors (Lipinski definition) is 3. The van der Waals surface area contributed by atoms with Crippen LogP contribution in [0, 0.1) is 11.3 Å². The van der Waals surface area contributed by atoms with Crippen molar-refractivity contribution in [3.05, 3.63) is 0 Å². The number of aliphatic carboxylic acids is 1. The van der Waals surface area contributed by atoms with Crippen LogP contribution in [-0.2, 0) is 9.53 Å². The molecule has 3 nitrogen and oxygen atoms in total. The first kappa shape index (κ1) is 15.7. The molecule has 0 aromatic heterocycles. The number of carboxylic acid groups (broad SMARTS) is 1. The average Bonchev–Trinajstić information content (AvgIpc) is 2.86. The van der Waals surface area contributed by atoms with Gasteiger partial charge in [0.2, 0.25) is 0 Å². The largest absolute Gasteiger partial charge is 0.481 e. The van der Waals surface area contributed by atoms with Crippen molar-refractivity contribution in [1.29, 1.82) is 0 Å². The van der Waals surface area contributed by atoms with Gasteiger partial charge in [-0.3, -0.25) is 4.79 Å². The molecule has 3 aliphatic rings. The zero-order valence-electron chi connectivity index (χ0n) is 12.9. The van der Waals surface area contributed by atoms with Crippen molar-refractivity contribution in [1.82, 2.24) is 0 Å². The maximum absolute atomic E-state index is 12.2. The van der Waals surface area contributed by atoms with Gasteiger partial charge < -0.3 is 9.84 Å². The Balaban J connectivity index is 1.80. The number of rotatable bonds is 2. The van der Waals surface area contributed by atoms with E-state index in [9.17, 15) is 9.90 Å². The molecule has 0 radical (unpaired) electrons. The lowest BCUT2D eigenvalue weighted by atomic mass is 9.62. The third-order valence-corrected chi connectivity index (χ3v) is 7.24. The minimum Gasteiger partial charge on any atom is -0.481 e. The highest BCUT2D eigenvalue weighted by Gasteiger charge is 2.51. The molecule has 2 atom stereocenters. The zero-order chi connectivity index (χ0) is 14.8. The second-order valence-electron chi connectivity index (χ2n) is 7.25. The standard InChI is InChI=1S/C17H28O3S/c18-15(19)17(7-4-2-1-3-5-8-17)14-6-10-20-16(12-14)9-11-21-13-16/h14H,1-13H2,(H,18,19). The van der Waals surface area contributed by atoms with E-state index in [0.717, 1.165) is 57.3 Å². The van der Waals surface area contributed by atoms with E-state index in [1.54, 1.807) is 0 Å². The van der Waals surface area contributed by atoms with E-state index in [0.29, 0.717) is 5.92 Å². The lowest BCUT2D eigenvalue weighted by Gasteiger charge is -2.46. The molecule has 0 bridgehead atoms. The van der Waals surface area contributed by atoms with E-state index in [-0.39, 0.29) is 5.60 Å². The molecule has 2 saturated heterocycles. The first-order chi connectivity index (χ1) is 10.2. The molecule has 2 aliphatic heterocycles. The van der Waals surface area contributed by atoms with E-state index in [1.165, 1.54) is 25.0 Å². The van der Waals surface area contributed by atoms with Crippen LogP contribution < -0.4 is 0 Å². The summed E-state index contributed by atoms with van der Waals surface area (Å²) in [7, 11) is 0. The van der Waals surface area contributed by atoms with Gasteiger partial charge in [-0.25, -0.2) is 0 Å². The van der Waals surface area contributed by atoms with Crippen LogP contribution in [0.1, 0.15) is 64.2 Å². The first-order valence-electron chi connectivity index (χ1n) is 8.62. The predicted molar refractivity (Wildman–Crippen MR) is 85.7 cm³/mol. The summed E-state index contributed by atoms with van der Waals surface area (Å²) in [4.78, 5) is 12.2. The lowest BCUT2D eigenvalue weighted by molar-refractivity contribution is -0.164. The SMILES string of the molecule is O=C(O)C1(C2CCOC3(CCSC3)C2)CCCCCCC1. The van der Waals surface area contributed by atoms with Crippen molar-refractivity contribution >= 4 is 17.7 Å². The van der Waals surface area contributed by atoms with E-state index in [2.05, 4.69) is 0 Å². The van der Waals surface area contributed by atoms with Gasteiger partial charge in [-0.2, -0.15) is 11.8 Å². The van der Waals surface area contributed by atoms with Gasteiger partial charge in [0.05, 0.1) is 11.0 Å². The molecule has 0 aromatic carbocycles. The smallest absolute Gasteiger partial charge is 0.309 e. The van der Waals surface area contributed by atoms with Crippen molar-refractivity contribution in [2.24, 2.45) is 11.3 Å². The topological polar surface area (TPSA) is 46.5 Å². The number of thioether (sulfide) groups is 1. The fourth-order valence-electron chi connectivity index (χ4n) is 4.70. The average molecular weight is 312 g/mol. The Labute approximate surface area is 132 Å². The van der Waals surface area contributed by atoms with Crippen molar-refractivity contribution < 1.29 is 14.6 Å². The van der Waals surface area contributed by atoms with Crippen LogP contribution in [0.25, 0.3) is 0 Å². The predicted octanol–water partition coefficient (Wildman–Crippen LogP) is 4.10. The first-order valence-corrected chi connectivity index (χ1v) is 9.78. The number of hydrogen-bond donors (Lipinski definition) is 1. The van der Waals surface area contributed by atoms with Crippen LogP contribution in [-0.4, -0.2) is 34.8 Å². The van der Waals surface area contributed by atoms with E-state index in [4.69, 9.17) is 4.74 Å². The molecule has 3 fully saturated rings. The highest BCUT2D eigenvalue weighted by molar-refractivity contribution is 7.99. The molecule has 0 amide bonds. The monoisotopic (exact) mass is 312 g/mol. The van der Waals surface area contributed by atoms with Crippen LogP contribution in [0.3, 0.4) is 0 Å². The van der Waals surface area contributed by atoms with Crippen molar-refractivity contribution in [2.75, 3.05) is 18.1 Å². The van der Waals surface area contributed by atoms with E-state index in [1.807, 2.05) is 11.8 Å². The molecule has 1 aliphatic carbocycles. The van der Waals surface area contributed by atoms with Gasteiger partial charge in [0, 0.05) is 12.4 Å². The molecule has 1 N–H and O–H groups in total. The molecule has 120 valence electrons. The van der Waals surface area contributed by atoms with Crippen molar-refractivity contribution in [3.63, 3.8) is 0 Å². The van der Waals surface area contributed by atoms with E-state index >= 15 is 0 Å². The Hall–Kier alpha value is -0.220. The summed E-state index contributed by atoms with van der Waals surface area (Å²) in [6, 6.07) is 0. The Morgan fingerprint density at radius 2 is 1.81 bits per heavy atom. The summed E-state index contributed by atoms with van der Waals surface area (Å²) < 4.78 is 6.11. The quantitative estimate of drug-likeness (QED) is 0.833. The van der Waals surface area contributed by atoms with Gasteiger partial charge in [0.25, 0.3) is 0 Å². The molecule has 1 spiro atoms. The Morgan fingerprint density at radius 1 is 1.10 bits per heavy atom. The summed E-state index contributed by atoms with van der Waals surface area (Å²) >= 11 is 1.97. The molecule has 2 unspecified atom stereocenters. The minimum atomic E-state index is -0.530. The number of carbonyl (C=O) groups is 1. The van der Waals surface area contributed by atoms with E-state index < -0.39 is 11.4 Å². The Kier molecular flexibility index (Phi) is 4.84. The zero-order valence-corrected chi connectivity index (χ0v) is 13.8.